The summed E-state index contributed by atoms with van der Waals surface area (Å²) in [6, 6.07) is -0.139. The van der Waals surface area contributed by atoms with Crippen LogP contribution in [0.5, 0.6) is 0 Å². The van der Waals surface area contributed by atoms with E-state index in [0.29, 0.717) is 6.61 Å². The van der Waals surface area contributed by atoms with Crippen molar-refractivity contribution in [3.63, 3.8) is 0 Å². The van der Waals surface area contributed by atoms with Gasteiger partial charge in [0.25, 0.3) is 0 Å². The van der Waals surface area contributed by atoms with Gasteiger partial charge in [-0.25, -0.2) is 9.78 Å². The molecule has 1 aliphatic heterocycles. The van der Waals surface area contributed by atoms with Crippen molar-refractivity contribution in [3.05, 3.63) is 11.6 Å². The normalized spacial score (nSPS) is 20.8. The summed E-state index contributed by atoms with van der Waals surface area (Å²) in [6.07, 6.45) is 4.86. The third-order valence-corrected chi connectivity index (χ3v) is 3.53. The van der Waals surface area contributed by atoms with Gasteiger partial charge in [-0.05, 0) is 26.2 Å². The summed E-state index contributed by atoms with van der Waals surface area (Å²) >= 11 is 1.58. The van der Waals surface area contributed by atoms with E-state index < -0.39 is 0 Å². The summed E-state index contributed by atoms with van der Waals surface area (Å²) in [7, 11) is 0. The number of hydrogen-bond acceptors (Lipinski definition) is 5. The lowest BCUT2D eigenvalue weighted by Crippen LogP contribution is -2.45. The SMILES string of the molecule is CCOC(=O)C1CCCCN1c1nccs1. The standard InChI is InChI=1S/C11H16N2O2S/c1-2-15-10(14)9-5-3-4-7-13(9)11-12-6-8-16-11/h6,8-9H,2-5,7H2,1H3. The molecule has 0 aliphatic carbocycles. The van der Waals surface area contributed by atoms with Gasteiger partial charge in [0.05, 0.1) is 6.61 Å². The number of ether oxygens (including phenoxy) is 1. The fourth-order valence-corrected chi connectivity index (χ4v) is 2.72. The number of hydrogen-bond donors (Lipinski definition) is 0. The van der Waals surface area contributed by atoms with Crippen LogP contribution in [0, 0.1) is 0 Å². The van der Waals surface area contributed by atoms with E-state index in [1.807, 2.05) is 12.3 Å². The number of aromatic nitrogens is 1. The second-order valence-electron chi connectivity index (χ2n) is 3.77. The quantitative estimate of drug-likeness (QED) is 0.758. The highest BCUT2D eigenvalue weighted by atomic mass is 32.1. The van der Waals surface area contributed by atoms with E-state index in [1.54, 1.807) is 17.5 Å². The largest absolute Gasteiger partial charge is 0.464 e. The van der Waals surface area contributed by atoms with Crippen LogP contribution in [0.3, 0.4) is 0 Å². The maximum Gasteiger partial charge on any atom is 0.328 e. The van der Waals surface area contributed by atoms with Gasteiger partial charge < -0.3 is 9.64 Å². The summed E-state index contributed by atoms with van der Waals surface area (Å²) in [5, 5.41) is 2.87. The molecule has 16 heavy (non-hydrogen) atoms. The molecule has 0 bridgehead atoms. The molecule has 1 fully saturated rings. The molecule has 1 aliphatic rings. The van der Waals surface area contributed by atoms with E-state index in [1.165, 1.54) is 0 Å². The predicted molar refractivity (Wildman–Crippen MR) is 63.7 cm³/mol. The summed E-state index contributed by atoms with van der Waals surface area (Å²) < 4.78 is 5.11. The van der Waals surface area contributed by atoms with Gasteiger partial charge in [-0.1, -0.05) is 0 Å². The molecule has 0 aromatic carbocycles. The molecule has 2 heterocycles. The average molecular weight is 240 g/mol. The van der Waals surface area contributed by atoms with Crippen LogP contribution in [0.1, 0.15) is 26.2 Å². The van der Waals surface area contributed by atoms with E-state index in [9.17, 15) is 4.79 Å². The van der Waals surface area contributed by atoms with Gasteiger partial charge in [-0.3, -0.25) is 0 Å². The monoisotopic (exact) mass is 240 g/mol. The zero-order valence-electron chi connectivity index (χ0n) is 9.39. The molecule has 0 N–H and O–H groups in total. The minimum atomic E-state index is -0.139. The first-order chi connectivity index (χ1) is 7.83. The van der Waals surface area contributed by atoms with Crippen molar-refractivity contribution in [2.75, 3.05) is 18.1 Å². The van der Waals surface area contributed by atoms with Crippen LogP contribution in [-0.4, -0.2) is 30.1 Å². The Morgan fingerprint density at radius 3 is 3.25 bits per heavy atom. The number of nitrogens with zero attached hydrogens (tertiary/aromatic N) is 2. The first-order valence-electron chi connectivity index (χ1n) is 5.65. The van der Waals surface area contributed by atoms with Gasteiger partial charge in [0, 0.05) is 18.1 Å². The first-order valence-corrected chi connectivity index (χ1v) is 6.53. The number of carbonyl (C=O) groups is 1. The molecule has 1 atom stereocenters. The fraction of sp³-hybridized carbons (Fsp3) is 0.636. The lowest BCUT2D eigenvalue weighted by molar-refractivity contribution is -0.145. The van der Waals surface area contributed by atoms with Crippen LogP contribution < -0.4 is 4.90 Å². The molecule has 88 valence electrons. The van der Waals surface area contributed by atoms with Crippen LogP contribution in [0.25, 0.3) is 0 Å². The molecular formula is C11H16N2O2S. The molecule has 0 saturated carbocycles. The van der Waals surface area contributed by atoms with Gasteiger partial charge >= 0.3 is 5.97 Å². The molecule has 1 unspecified atom stereocenters. The molecule has 0 radical (unpaired) electrons. The molecule has 4 nitrogen and oxygen atoms in total. The molecular weight excluding hydrogens is 224 g/mol. The smallest absolute Gasteiger partial charge is 0.328 e. The first kappa shape index (κ1) is 11.4. The Balaban J connectivity index is 2.11. The fourth-order valence-electron chi connectivity index (χ4n) is 2.00. The topological polar surface area (TPSA) is 42.4 Å². The molecule has 0 spiro atoms. The summed E-state index contributed by atoms with van der Waals surface area (Å²) in [6.45, 7) is 3.19. The van der Waals surface area contributed by atoms with E-state index in [0.717, 1.165) is 30.9 Å². The van der Waals surface area contributed by atoms with Gasteiger partial charge in [0.2, 0.25) is 0 Å². The summed E-state index contributed by atoms with van der Waals surface area (Å²) in [4.78, 5) is 18.2. The van der Waals surface area contributed by atoms with Crippen molar-refractivity contribution in [2.45, 2.75) is 32.2 Å². The maximum absolute atomic E-state index is 11.8. The van der Waals surface area contributed by atoms with E-state index in [2.05, 4.69) is 9.88 Å². The average Bonchev–Trinajstić information content (AvgIpc) is 2.83. The van der Waals surface area contributed by atoms with Crippen molar-refractivity contribution in [1.29, 1.82) is 0 Å². The molecule has 0 amide bonds. The Hall–Kier alpha value is -1.10. The molecule has 5 heteroatoms. The Labute approximate surface area is 99.2 Å². The van der Waals surface area contributed by atoms with Crippen molar-refractivity contribution >= 4 is 22.4 Å². The predicted octanol–water partition coefficient (Wildman–Crippen LogP) is 2.07. The van der Waals surface area contributed by atoms with Crippen LogP contribution in [0.4, 0.5) is 5.13 Å². The second kappa shape index (κ2) is 5.30. The number of esters is 1. The molecule has 2 rings (SSSR count). The summed E-state index contributed by atoms with van der Waals surface area (Å²) in [5.41, 5.74) is 0. The number of thiazole rings is 1. The van der Waals surface area contributed by atoms with Crippen molar-refractivity contribution in [1.82, 2.24) is 4.98 Å². The summed E-state index contributed by atoms with van der Waals surface area (Å²) in [5.74, 6) is -0.114. The third kappa shape index (κ3) is 2.35. The van der Waals surface area contributed by atoms with Gasteiger partial charge in [0.15, 0.2) is 5.13 Å². The molecule has 1 aromatic heterocycles. The van der Waals surface area contributed by atoms with Crippen molar-refractivity contribution in [3.8, 4) is 0 Å². The van der Waals surface area contributed by atoms with Crippen LogP contribution in [0.2, 0.25) is 0 Å². The second-order valence-corrected chi connectivity index (χ2v) is 4.64. The number of rotatable bonds is 3. The number of carbonyl (C=O) groups excluding carboxylic acids is 1. The van der Waals surface area contributed by atoms with Crippen molar-refractivity contribution in [2.24, 2.45) is 0 Å². The minimum absolute atomic E-state index is 0.114. The zero-order valence-corrected chi connectivity index (χ0v) is 10.2. The van der Waals surface area contributed by atoms with Crippen molar-refractivity contribution < 1.29 is 9.53 Å². The Kier molecular flexibility index (Phi) is 3.77. The lowest BCUT2D eigenvalue weighted by atomic mass is 10.0. The lowest BCUT2D eigenvalue weighted by Gasteiger charge is -2.33. The van der Waals surface area contributed by atoms with E-state index in [4.69, 9.17) is 4.74 Å². The van der Waals surface area contributed by atoms with Gasteiger partial charge in [0.1, 0.15) is 6.04 Å². The van der Waals surface area contributed by atoms with E-state index in [-0.39, 0.29) is 12.0 Å². The number of piperidine rings is 1. The maximum atomic E-state index is 11.8. The van der Waals surface area contributed by atoms with Crippen LogP contribution in [0.15, 0.2) is 11.6 Å². The minimum Gasteiger partial charge on any atom is -0.464 e. The highest BCUT2D eigenvalue weighted by molar-refractivity contribution is 7.13. The van der Waals surface area contributed by atoms with Gasteiger partial charge in [-0.15, -0.1) is 11.3 Å². The zero-order chi connectivity index (χ0) is 11.4. The van der Waals surface area contributed by atoms with Gasteiger partial charge in [-0.2, -0.15) is 0 Å². The third-order valence-electron chi connectivity index (χ3n) is 2.73. The Morgan fingerprint density at radius 2 is 2.56 bits per heavy atom. The Bertz CT molecular complexity index is 340. The van der Waals surface area contributed by atoms with E-state index >= 15 is 0 Å². The highest BCUT2D eigenvalue weighted by Gasteiger charge is 2.31. The van der Waals surface area contributed by atoms with Crippen LogP contribution in [-0.2, 0) is 9.53 Å². The molecule has 1 aromatic rings. The molecule has 1 saturated heterocycles. The number of anilines is 1. The Morgan fingerprint density at radius 1 is 1.69 bits per heavy atom. The highest BCUT2D eigenvalue weighted by Crippen LogP contribution is 2.26. The van der Waals surface area contributed by atoms with Crippen LogP contribution >= 0.6 is 11.3 Å².